The van der Waals surface area contributed by atoms with Crippen LogP contribution in [0, 0.1) is 5.82 Å². The zero-order valence-electron chi connectivity index (χ0n) is 17.7. The average Bonchev–Trinajstić information content (AvgIpc) is 3.02. The quantitative estimate of drug-likeness (QED) is 0.637. The second-order valence-electron chi connectivity index (χ2n) is 8.25. The van der Waals surface area contributed by atoms with Crippen LogP contribution in [0.1, 0.15) is 31.5 Å². The average molecular weight is 443 g/mol. The molecule has 1 aromatic carbocycles. The van der Waals surface area contributed by atoms with Gasteiger partial charge in [-0.15, -0.1) is 0 Å². The van der Waals surface area contributed by atoms with Gasteiger partial charge in [-0.2, -0.15) is 0 Å². The van der Waals surface area contributed by atoms with E-state index in [0.29, 0.717) is 5.69 Å². The second kappa shape index (κ2) is 7.56. The zero-order valence-corrected chi connectivity index (χ0v) is 18.5. The maximum Gasteiger partial charge on any atom is 0.227 e. The lowest BCUT2D eigenvalue weighted by Crippen LogP contribution is -2.12. The Kier molecular flexibility index (Phi) is 5.17. The fourth-order valence-electron chi connectivity index (χ4n) is 3.77. The van der Waals surface area contributed by atoms with Crippen molar-refractivity contribution in [3.05, 3.63) is 53.7 Å². The van der Waals surface area contributed by atoms with Crippen LogP contribution in [0.5, 0.6) is 5.75 Å². The van der Waals surface area contributed by atoms with Gasteiger partial charge in [0.15, 0.2) is 9.84 Å². The van der Waals surface area contributed by atoms with Gasteiger partial charge in [-0.1, -0.05) is 13.8 Å². The molecule has 1 aliphatic rings. The van der Waals surface area contributed by atoms with Gasteiger partial charge in [0.05, 0.1) is 18.5 Å². The topological polar surface area (TPSA) is 94.1 Å². The molecule has 2 heterocycles. The molecule has 7 nitrogen and oxygen atoms in total. The number of nitrogens with one attached hydrogen (secondary N) is 1. The van der Waals surface area contributed by atoms with Crippen molar-refractivity contribution < 1.29 is 17.5 Å². The molecule has 0 radical (unpaired) electrons. The summed E-state index contributed by atoms with van der Waals surface area (Å²) in [5.41, 5.74) is 4.16. The Morgan fingerprint density at radius 1 is 1.19 bits per heavy atom. The molecule has 0 amide bonds. The fraction of sp³-hybridized carbons (Fsp3) is 0.318. The lowest BCUT2D eigenvalue weighted by Gasteiger charge is -2.19. The Morgan fingerprint density at radius 2 is 1.97 bits per heavy atom. The number of hydrogen-bond donors (Lipinski definition) is 1. The molecule has 4 rings (SSSR count). The number of pyridine rings is 1. The highest BCUT2D eigenvalue weighted by atomic mass is 32.2. The second-order valence-corrected chi connectivity index (χ2v) is 10.2. The molecule has 0 atom stereocenters. The van der Waals surface area contributed by atoms with Crippen LogP contribution in [0.3, 0.4) is 0 Å². The summed E-state index contributed by atoms with van der Waals surface area (Å²) in [6.07, 6.45) is 6.36. The predicted molar refractivity (Wildman–Crippen MR) is 116 cm³/mol. The fourth-order valence-corrected chi connectivity index (χ4v) is 4.50. The normalized spacial score (nSPS) is 14.9. The molecule has 0 saturated heterocycles. The van der Waals surface area contributed by atoms with Crippen molar-refractivity contribution in [3.8, 4) is 17.0 Å². The van der Waals surface area contributed by atoms with Crippen molar-refractivity contribution in [1.82, 2.24) is 15.0 Å². The van der Waals surface area contributed by atoms with E-state index in [-0.39, 0.29) is 22.8 Å². The van der Waals surface area contributed by atoms with Crippen molar-refractivity contribution in [3.63, 3.8) is 0 Å². The largest absolute Gasteiger partial charge is 0.495 e. The molecule has 1 N–H and O–H groups in total. The number of hydrogen-bond acceptors (Lipinski definition) is 7. The summed E-state index contributed by atoms with van der Waals surface area (Å²) in [5, 5.41) is 2.92. The number of anilines is 2. The summed E-state index contributed by atoms with van der Waals surface area (Å²) in [5.74, 6) is -0.495. The summed E-state index contributed by atoms with van der Waals surface area (Å²) < 4.78 is 43.2. The number of halogens is 1. The molecule has 0 fully saturated rings. The first kappa shape index (κ1) is 21.2. The highest BCUT2D eigenvalue weighted by molar-refractivity contribution is 7.90. The zero-order chi connectivity index (χ0) is 22.4. The molecule has 0 saturated carbocycles. The lowest BCUT2D eigenvalue weighted by atomic mass is 9.86. The van der Waals surface area contributed by atoms with Crippen LogP contribution < -0.4 is 10.1 Å². The SMILES string of the molecule is COc1cc(S(C)(=O)=O)c(F)cc1Nc1nccc(-c2cnc3c(c2)C(C)(C)CC3)n1. The smallest absolute Gasteiger partial charge is 0.227 e. The Hall–Kier alpha value is -3.07. The number of benzene rings is 1. The molecule has 3 aromatic rings. The Morgan fingerprint density at radius 3 is 2.68 bits per heavy atom. The van der Waals surface area contributed by atoms with Gasteiger partial charge < -0.3 is 10.1 Å². The van der Waals surface area contributed by atoms with Gasteiger partial charge in [-0.3, -0.25) is 4.98 Å². The number of ether oxygens (including phenoxy) is 1. The highest BCUT2D eigenvalue weighted by Gasteiger charge is 2.31. The third kappa shape index (κ3) is 4.10. The van der Waals surface area contributed by atoms with Crippen LogP contribution in [0.4, 0.5) is 16.0 Å². The molecule has 162 valence electrons. The molecule has 0 bridgehead atoms. The van der Waals surface area contributed by atoms with E-state index in [2.05, 4.69) is 40.2 Å². The number of fused-ring (bicyclic) bond motifs is 1. The standard InChI is InChI=1S/C22H23FN4O3S/c1-22(2)7-5-17-14(22)9-13(12-25-17)16-6-8-24-21(26-16)27-18-10-15(23)20(31(4,28)29)11-19(18)30-3/h6,8-12H,5,7H2,1-4H3,(H,24,26,27). The Balaban J connectivity index is 1.69. The highest BCUT2D eigenvalue weighted by Crippen LogP contribution is 2.39. The van der Waals surface area contributed by atoms with E-state index in [1.165, 1.54) is 12.7 Å². The van der Waals surface area contributed by atoms with Crippen molar-refractivity contribution in [2.45, 2.75) is 37.0 Å². The van der Waals surface area contributed by atoms with E-state index in [1.54, 1.807) is 18.5 Å². The maximum absolute atomic E-state index is 14.4. The third-order valence-corrected chi connectivity index (χ3v) is 6.65. The molecule has 0 spiro atoms. The van der Waals surface area contributed by atoms with Crippen LogP contribution in [-0.2, 0) is 21.7 Å². The summed E-state index contributed by atoms with van der Waals surface area (Å²) in [6, 6.07) is 6.10. The van der Waals surface area contributed by atoms with E-state index in [1.807, 2.05) is 0 Å². The van der Waals surface area contributed by atoms with Crippen molar-refractivity contribution in [2.24, 2.45) is 0 Å². The van der Waals surface area contributed by atoms with E-state index in [0.717, 1.165) is 42.5 Å². The van der Waals surface area contributed by atoms with Gasteiger partial charge in [0, 0.05) is 42.0 Å². The van der Waals surface area contributed by atoms with Crippen molar-refractivity contribution in [2.75, 3.05) is 18.7 Å². The summed E-state index contributed by atoms with van der Waals surface area (Å²) in [6.45, 7) is 4.41. The minimum Gasteiger partial charge on any atom is -0.495 e. The minimum atomic E-state index is -3.73. The molecular formula is C22H23FN4O3S. The molecule has 2 aromatic heterocycles. The van der Waals surface area contributed by atoms with Gasteiger partial charge in [0.25, 0.3) is 0 Å². The van der Waals surface area contributed by atoms with Crippen LogP contribution in [-0.4, -0.2) is 36.7 Å². The van der Waals surface area contributed by atoms with Crippen LogP contribution in [0.2, 0.25) is 0 Å². The van der Waals surface area contributed by atoms with Gasteiger partial charge >= 0.3 is 0 Å². The molecule has 9 heteroatoms. The first-order valence-corrected chi connectivity index (χ1v) is 11.6. The molecule has 0 aliphatic heterocycles. The van der Waals surface area contributed by atoms with Crippen molar-refractivity contribution >= 4 is 21.5 Å². The number of aromatic nitrogens is 3. The van der Waals surface area contributed by atoms with Gasteiger partial charge in [-0.25, -0.2) is 22.8 Å². The van der Waals surface area contributed by atoms with E-state index < -0.39 is 20.5 Å². The summed E-state index contributed by atoms with van der Waals surface area (Å²) in [7, 11) is -2.36. The number of rotatable bonds is 5. The van der Waals surface area contributed by atoms with Gasteiger partial charge in [0.2, 0.25) is 5.95 Å². The number of aryl methyl sites for hydroxylation is 1. The third-order valence-electron chi connectivity index (χ3n) is 5.54. The van der Waals surface area contributed by atoms with E-state index in [4.69, 9.17) is 4.74 Å². The number of nitrogens with zero attached hydrogens (tertiary/aromatic N) is 3. The maximum atomic E-state index is 14.4. The number of sulfone groups is 1. The summed E-state index contributed by atoms with van der Waals surface area (Å²) >= 11 is 0. The molecular weight excluding hydrogens is 419 g/mol. The van der Waals surface area contributed by atoms with Gasteiger partial charge in [0.1, 0.15) is 16.5 Å². The lowest BCUT2D eigenvalue weighted by molar-refractivity contribution is 0.413. The molecule has 0 unspecified atom stereocenters. The number of methoxy groups -OCH3 is 1. The first-order valence-electron chi connectivity index (χ1n) is 9.76. The summed E-state index contributed by atoms with van der Waals surface area (Å²) in [4.78, 5) is 12.9. The van der Waals surface area contributed by atoms with Crippen molar-refractivity contribution in [1.29, 1.82) is 0 Å². The van der Waals surface area contributed by atoms with Gasteiger partial charge in [-0.05, 0) is 36.0 Å². The Bertz CT molecular complexity index is 1280. The van der Waals surface area contributed by atoms with Crippen LogP contribution in [0.25, 0.3) is 11.3 Å². The molecule has 1 aliphatic carbocycles. The van der Waals surface area contributed by atoms with E-state index >= 15 is 0 Å². The minimum absolute atomic E-state index is 0.0682. The predicted octanol–water partition coefficient (Wildman–Crippen LogP) is 4.06. The van der Waals surface area contributed by atoms with Crippen LogP contribution in [0.15, 0.2) is 41.6 Å². The van der Waals surface area contributed by atoms with Crippen LogP contribution >= 0.6 is 0 Å². The Labute approximate surface area is 180 Å². The first-order chi connectivity index (χ1) is 14.6. The monoisotopic (exact) mass is 442 g/mol. The van der Waals surface area contributed by atoms with E-state index in [9.17, 15) is 12.8 Å². The molecule has 31 heavy (non-hydrogen) atoms.